The van der Waals surface area contributed by atoms with Crippen LogP contribution in [0.5, 0.6) is 0 Å². The van der Waals surface area contributed by atoms with Gasteiger partial charge < -0.3 is 0 Å². The Balaban J connectivity index is 0.000000139. The van der Waals surface area contributed by atoms with Gasteiger partial charge in [-0.15, -0.1) is 22.7 Å². The summed E-state index contributed by atoms with van der Waals surface area (Å²) in [7, 11) is 0. The molecule has 0 atom stereocenters. The minimum Gasteiger partial charge on any atom is -0.289 e. The molecule has 0 amide bonds. The highest BCUT2D eigenvalue weighted by Gasteiger charge is 2.04. The third kappa shape index (κ3) is 5.72. The van der Waals surface area contributed by atoms with Crippen molar-refractivity contribution in [2.45, 2.75) is 27.7 Å². The standard InChI is InChI=1S/2C13H8OS.C6H14/c2*14-13-9-5-1-3-7-11(9)15-12-8-4-2-6-10(12)13;1-5(2)6(3)4/h2*1-8H;5-6H,1-4H3. The molecule has 182 valence electrons. The predicted molar refractivity (Wildman–Crippen MR) is 161 cm³/mol. The summed E-state index contributed by atoms with van der Waals surface area (Å²) in [6, 6.07) is 31.0. The van der Waals surface area contributed by atoms with E-state index in [2.05, 4.69) is 27.7 Å². The van der Waals surface area contributed by atoms with Crippen LogP contribution in [0, 0.1) is 11.8 Å². The van der Waals surface area contributed by atoms with E-state index in [4.69, 9.17) is 0 Å². The minimum atomic E-state index is 0.139. The molecule has 0 bridgehead atoms. The van der Waals surface area contributed by atoms with Gasteiger partial charge in [0.15, 0.2) is 10.9 Å². The highest BCUT2D eigenvalue weighted by molar-refractivity contribution is 7.24. The second-order valence-corrected chi connectivity index (χ2v) is 11.5. The topological polar surface area (TPSA) is 34.1 Å². The van der Waals surface area contributed by atoms with Crippen LogP contribution < -0.4 is 10.9 Å². The molecule has 0 saturated heterocycles. The molecule has 4 aromatic carbocycles. The Labute approximate surface area is 219 Å². The smallest absolute Gasteiger partial charge is 0.195 e. The number of fused-ring (bicyclic) bond motifs is 4. The summed E-state index contributed by atoms with van der Waals surface area (Å²) in [4.78, 5) is 24.2. The van der Waals surface area contributed by atoms with E-state index in [1.165, 1.54) is 0 Å². The van der Waals surface area contributed by atoms with Crippen LogP contribution in [0.25, 0.3) is 40.3 Å². The maximum atomic E-state index is 12.1. The van der Waals surface area contributed by atoms with Crippen molar-refractivity contribution in [3.8, 4) is 0 Å². The third-order valence-corrected chi connectivity index (χ3v) is 8.60. The van der Waals surface area contributed by atoms with Gasteiger partial charge >= 0.3 is 0 Å². The van der Waals surface area contributed by atoms with Gasteiger partial charge in [0.1, 0.15) is 0 Å². The quantitative estimate of drug-likeness (QED) is 0.207. The molecule has 0 radical (unpaired) electrons. The Hall–Kier alpha value is -3.34. The third-order valence-electron chi connectivity index (χ3n) is 6.30. The fourth-order valence-electron chi connectivity index (χ4n) is 3.50. The molecule has 0 unspecified atom stereocenters. The van der Waals surface area contributed by atoms with Gasteiger partial charge in [-0.3, -0.25) is 9.59 Å². The fourth-order valence-corrected chi connectivity index (χ4v) is 5.64. The first-order chi connectivity index (χ1) is 17.4. The molecular formula is C32H30O2S2. The van der Waals surface area contributed by atoms with Gasteiger partial charge in [0.05, 0.1) is 0 Å². The van der Waals surface area contributed by atoms with Crippen LogP contribution in [0.2, 0.25) is 0 Å². The van der Waals surface area contributed by atoms with Crippen LogP contribution in [-0.4, -0.2) is 0 Å². The average Bonchev–Trinajstić information content (AvgIpc) is 2.90. The van der Waals surface area contributed by atoms with E-state index in [1.54, 1.807) is 22.7 Å². The minimum absolute atomic E-state index is 0.139. The highest BCUT2D eigenvalue weighted by Crippen LogP contribution is 2.24. The largest absolute Gasteiger partial charge is 0.289 e. The van der Waals surface area contributed by atoms with E-state index in [-0.39, 0.29) is 10.9 Å². The van der Waals surface area contributed by atoms with Crippen LogP contribution >= 0.6 is 22.7 Å². The first-order valence-electron chi connectivity index (χ1n) is 12.2. The van der Waals surface area contributed by atoms with Gasteiger partial charge in [0, 0.05) is 40.3 Å². The highest BCUT2D eigenvalue weighted by atomic mass is 32.1. The van der Waals surface area contributed by atoms with Crippen molar-refractivity contribution >= 4 is 63.0 Å². The van der Waals surface area contributed by atoms with Gasteiger partial charge in [-0.2, -0.15) is 0 Å². The van der Waals surface area contributed by atoms with Gasteiger partial charge in [0.2, 0.25) is 0 Å². The lowest BCUT2D eigenvalue weighted by Crippen LogP contribution is -1.99. The lowest BCUT2D eigenvalue weighted by molar-refractivity contribution is 0.457. The van der Waals surface area contributed by atoms with Crippen molar-refractivity contribution < 1.29 is 0 Å². The van der Waals surface area contributed by atoms with Crippen LogP contribution in [0.15, 0.2) is 107 Å². The lowest BCUT2D eigenvalue weighted by Gasteiger charge is -2.05. The maximum absolute atomic E-state index is 12.1. The monoisotopic (exact) mass is 510 g/mol. The molecule has 0 saturated carbocycles. The zero-order valence-corrected chi connectivity index (χ0v) is 22.7. The van der Waals surface area contributed by atoms with Crippen LogP contribution in [0.4, 0.5) is 0 Å². The molecular weight excluding hydrogens is 480 g/mol. The van der Waals surface area contributed by atoms with Gasteiger partial charge in [-0.1, -0.05) is 76.2 Å². The van der Waals surface area contributed by atoms with Gasteiger partial charge in [0.25, 0.3) is 0 Å². The first kappa shape index (κ1) is 25.7. The molecule has 2 aromatic heterocycles. The summed E-state index contributed by atoms with van der Waals surface area (Å²) >= 11 is 3.33. The second-order valence-electron chi connectivity index (χ2n) is 9.34. The van der Waals surface area contributed by atoms with E-state index < -0.39 is 0 Å². The van der Waals surface area contributed by atoms with Crippen LogP contribution in [0.1, 0.15) is 27.7 Å². The summed E-state index contributed by atoms with van der Waals surface area (Å²) in [6.45, 7) is 8.96. The Morgan fingerprint density at radius 3 is 0.861 bits per heavy atom. The molecule has 36 heavy (non-hydrogen) atoms. The molecule has 0 aliphatic rings. The lowest BCUT2D eigenvalue weighted by atomic mass is 10.0. The Morgan fingerprint density at radius 1 is 0.417 bits per heavy atom. The molecule has 0 fully saturated rings. The van der Waals surface area contributed by atoms with E-state index in [1.807, 2.05) is 97.1 Å². The van der Waals surface area contributed by atoms with Gasteiger partial charge in [-0.25, -0.2) is 0 Å². The first-order valence-corrected chi connectivity index (χ1v) is 13.8. The van der Waals surface area contributed by atoms with E-state index in [0.717, 1.165) is 52.2 Å². The van der Waals surface area contributed by atoms with Crippen molar-refractivity contribution in [2.75, 3.05) is 0 Å². The summed E-state index contributed by atoms with van der Waals surface area (Å²) < 4.78 is 4.23. The second kappa shape index (κ2) is 11.6. The molecule has 4 heteroatoms. The van der Waals surface area contributed by atoms with E-state index in [9.17, 15) is 9.59 Å². The SMILES string of the molecule is CC(C)C(C)C.O=c1c2ccccc2sc2ccccc12.O=c1c2ccccc2sc2ccccc12. The summed E-state index contributed by atoms with van der Waals surface area (Å²) in [6.07, 6.45) is 0. The molecule has 0 aliphatic heterocycles. The maximum Gasteiger partial charge on any atom is 0.195 e. The normalized spacial score (nSPS) is 10.9. The summed E-state index contributed by atoms with van der Waals surface area (Å²) in [5, 5.41) is 3.28. The molecule has 6 aromatic rings. The molecule has 2 nitrogen and oxygen atoms in total. The fraction of sp³-hybridized carbons (Fsp3) is 0.188. The Bertz CT molecular complexity index is 1500. The molecule has 2 heterocycles. The summed E-state index contributed by atoms with van der Waals surface area (Å²) in [5.41, 5.74) is 0.278. The van der Waals surface area contributed by atoms with Crippen molar-refractivity contribution in [1.82, 2.24) is 0 Å². The Morgan fingerprint density at radius 2 is 0.639 bits per heavy atom. The van der Waals surface area contributed by atoms with Crippen molar-refractivity contribution in [2.24, 2.45) is 11.8 Å². The molecule has 0 aliphatic carbocycles. The van der Waals surface area contributed by atoms with Crippen LogP contribution in [0.3, 0.4) is 0 Å². The van der Waals surface area contributed by atoms with Crippen LogP contribution in [-0.2, 0) is 0 Å². The Kier molecular flexibility index (Phi) is 8.29. The molecule has 6 rings (SSSR count). The number of benzene rings is 4. The molecule has 0 spiro atoms. The van der Waals surface area contributed by atoms with Crippen molar-refractivity contribution in [3.63, 3.8) is 0 Å². The van der Waals surface area contributed by atoms with E-state index in [0.29, 0.717) is 0 Å². The van der Waals surface area contributed by atoms with E-state index >= 15 is 0 Å². The number of rotatable bonds is 1. The summed E-state index contributed by atoms with van der Waals surface area (Å²) in [5.74, 6) is 1.70. The predicted octanol–water partition coefficient (Wildman–Crippen LogP) is 9.13. The zero-order chi connectivity index (χ0) is 25.7. The van der Waals surface area contributed by atoms with Gasteiger partial charge in [-0.05, 0) is 60.4 Å². The number of hydrogen-bond donors (Lipinski definition) is 0. The van der Waals surface area contributed by atoms with Crippen molar-refractivity contribution in [3.05, 3.63) is 118 Å². The van der Waals surface area contributed by atoms with Crippen molar-refractivity contribution in [1.29, 1.82) is 0 Å². The molecule has 0 N–H and O–H groups in total. The number of hydrogen-bond acceptors (Lipinski definition) is 4. The zero-order valence-electron chi connectivity index (χ0n) is 21.0. The average molecular weight is 511 g/mol.